The molecule has 2 saturated heterocycles. The Morgan fingerprint density at radius 3 is 2.66 bits per heavy atom. The normalized spacial score (nSPS) is 18.6. The molecule has 3 aromatic rings. The van der Waals surface area contributed by atoms with Crippen molar-refractivity contribution in [1.82, 2.24) is 14.9 Å². The van der Waals surface area contributed by atoms with Crippen molar-refractivity contribution in [1.29, 1.82) is 0 Å². The summed E-state index contributed by atoms with van der Waals surface area (Å²) in [5.41, 5.74) is 9.17. The summed E-state index contributed by atoms with van der Waals surface area (Å²) in [5, 5.41) is 1.59. The summed E-state index contributed by atoms with van der Waals surface area (Å²) in [6.07, 6.45) is 1.99. The number of amides is 1. The Balaban J connectivity index is 1.69. The van der Waals surface area contributed by atoms with Crippen LogP contribution >= 0.6 is 23.2 Å². The fraction of sp³-hybridized carbons (Fsp3) is 0.286. The molecular formula is C21H19Cl2N5O. The van der Waals surface area contributed by atoms with Gasteiger partial charge in [0, 0.05) is 53.7 Å². The first-order valence-corrected chi connectivity index (χ1v) is 10.1. The second kappa shape index (κ2) is 6.55. The molecule has 2 N–H and O–H groups in total. The highest BCUT2D eigenvalue weighted by Gasteiger charge is 2.50. The summed E-state index contributed by atoms with van der Waals surface area (Å²) in [4.78, 5) is 25.5. The number of aromatic nitrogens is 2. The van der Waals surface area contributed by atoms with Crippen LogP contribution in [0.1, 0.15) is 6.42 Å². The molecule has 0 saturated carbocycles. The standard InChI is InChI=1S/C21H19Cl2N5O/c1-27-8-21(9-27)7-17(29)28(10-21)12-5-14(13-3-2-4-16(22)18(13)23)19-15(6-12)20(24)26-11-25-19/h2-6,11H,7-10H2,1H3,(H2,24,25,26). The Morgan fingerprint density at radius 2 is 1.90 bits per heavy atom. The number of rotatable bonds is 2. The first kappa shape index (κ1) is 18.6. The molecule has 0 bridgehead atoms. The number of carbonyl (C=O) groups excluding carboxylic acids is 1. The maximum Gasteiger partial charge on any atom is 0.227 e. The third-order valence-corrected chi connectivity index (χ3v) is 6.66. The van der Waals surface area contributed by atoms with Crippen molar-refractivity contribution >= 4 is 51.5 Å². The first-order chi connectivity index (χ1) is 13.9. The maximum atomic E-state index is 12.9. The summed E-state index contributed by atoms with van der Waals surface area (Å²) in [7, 11) is 2.08. The number of likely N-dealkylation sites (tertiary alicyclic amines) is 1. The Labute approximate surface area is 178 Å². The molecule has 2 aliphatic heterocycles. The zero-order chi connectivity index (χ0) is 20.3. The van der Waals surface area contributed by atoms with Gasteiger partial charge in [0.25, 0.3) is 0 Å². The second-order valence-electron chi connectivity index (χ2n) is 8.08. The van der Waals surface area contributed by atoms with E-state index in [0.717, 1.165) is 29.9 Å². The summed E-state index contributed by atoms with van der Waals surface area (Å²) in [6.45, 7) is 2.56. The molecule has 0 atom stereocenters. The van der Waals surface area contributed by atoms with Crippen molar-refractivity contribution in [2.24, 2.45) is 5.41 Å². The Hall–Kier alpha value is -2.41. The summed E-state index contributed by atoms with van der Waals surface area (Å²) in [6, 6.07) is 9.31. The Bertz CT molecular complexity index is 1160. The predicted molar refractivity (Wildman–Crippen MR) is 116 cm³/mol. The molecule has 0 unspecified atom stereocenters. The molecular weight excluding hydrogens is 409 g/mol. The molecule has 8 heteroatoms. The van der Waals surface area contributed by atoms with Crippen molar-refractivity contribution in [2.45, 2.75) is 6.42 Å². The number of nitrogen functional groups attached to an aromatic ring is 1. The third kappa shape index (κ3) is 2.94. The van der Waals surface area contributed by atoms with Crippen LogP contribution in [0.15, 0.2) is 36.7 Å². The number of carbonyl (C=O) groups is 1. The topological polar surface area (TPSA) is 75.4 Å². The number of nitrogens with two attached hydrogens (primary N) is 1. The van der Waals surface area contributed by atoms with Crippen LogP contribution in [-0.4, -0.2) is 47.5 Å². The number of hydrogen-bond donors (Lipinski definition) is 1. The molecule has 5 rings (SSSR count). The van der Waals surface area contributed by atoms with E-state index in [0.29, 0.717) is 39.7 Å². The molecule has 0 aliphatic carbocycles. The zero-order valence-corrected chi connectivity index (χ0v) is 17.3. The van der Waals surface area contributed by atoms with Crippen LogP contribution < -0.4 is 10.6 Å². The van der Waals surface area contributed by atoms with Gasteiger partial charge >= 0.3 is 0 Å². The molecule has 2 aliphatic rings. The van der Waals surface area contributed by atoms with Gasteiger partial charge in [0.1, 0.15) is 12.1 Å². The van der Waals surface area contributed by atoms with Gasteiger partial charge < -0.3 is 15.5 Å². The molecule has 3 heterocycles. The SMILES string of the molecule is CN1CC2(CC(=O)N(c3cc(-c4cccc(Cl)c4Cl)c4ncnc(N)c4c3)C2)C1. The molecule has 1 aromatic heterocycles. The average molecular weight is 428 g/mol. The summed E-state index contributed by atoms with van der Waals surface area (Å²) in [5.74, 6) is 0.483. The largest absolute Gasteiger partial charge is 0.383 e. The minimum absolute atomic E-state index is 0.0351. The summed E-state index contributed by atoms with van der Waals surface area (Å²) < 4.78 is 0. The van der Waals surface area contributed by atoms with Crippen molar-refractivity contribution in [2.75, 3.05) is 37.3 Å². The van der Waals surface area contributed by atoms with Gasteiger partial charge in [-0.15, -0.1) is 0 Å². The van der Waals surface area contributed by atoms with Gasteiger partial charge in [-0.1, -0.05) is 35.3 Å². The number of fused-ring (bicyclic) bond motifs is 1. The number of hydrogen-bond acceptors (Lipinski definition) is 5. The molecule has 1 amide bonds. The molecule has 1 spiro atoms. The molecule has 29 heavy (non-hydrogen) atoms. The second-order valence-corrected chi connectivity index (χ2v) is 8.86. The Kier molecular flexibility index (Phi) is 4.21. The lowest BCUT2D eigenvalue weighted by Gasteiger charge is -2.45. The smallest absolute Gasteiger partial charge is 0.227 e. The zero-order valence-electron chi connectivity index (χ0n) is 15.8. The third-order valence-electron chi connectivity index (χ3n) is 5.84. The van der Waals surface area contributed by atoms with Gasteiger partial charge in [0.05, 0.1) is 15.6 Å². The highest BCUT2D eigenvalue weighted by Crippen LogP contribution is 2.44. The number of benzene rings is 2. The van der Waals surface area contributed by atoms with E-state index in [1.807, 2.05) is 29.2 Å². The van der Waals surface area contributed by atoms with E-state index in [2.05, 4.69) is 21.9 Å². The lowest BCUT2D eigenvalue weighted by molar-refractivity contribution is -0.118. The van der Waals surface area contributed by atoms with Crippen molar-refractivity contribution in [3.63, 3.8) is 0 Å². The van der Waals surface area contributed by atoms with E-state index < -0.39 is 0 Å². The number of anilines is 2. The minimum atomic E-state index is 0.0351. The van der Waals surface area contributed by atoms with E-state index in [1.54, 1.807) is 6.07 Å². The Morgan fingerprint density at radius 1 is 1.10 bits per heavy atom. The number of halogens is 2. The van der Waals surface area contributed by atoms with E-state index in [-0.39, 0.29) is 11.3 Å². The molecule has 2 aromatic carbocycles. The van der Waals surface area contributed by atoms with Crippen LogP contribution in [-0.2, 0) is 4.79 Å². The van der Waals surface area contributed by atoms with Crippen LogP contribution in [0.3, 0.4) is 0 Å². The molecule has 0 radical (unpaired) electrons. The monoisotopic (exact) mass is 427 g/mol. The van der Waals surface area contributed by atoms with Gasteiger partial charge in [0.2, 0.25) is 5.91 Å². The van der Waals surface area contributed by atoms with E-state index in [9.17, 15) is 4.79 Å². The molecule has 148 valence electrons. The summed E-state index contributed by atoms with van der Waals surface area (Å²) >= 11 is 12.8. The molecule has 2 fully saturated rings. The molecule has 6 nitrogen and oxygen atoms in total. The van der Waals surface area contributed by atoms with Crippen LogP contribution in [0.25, 0.3) is 22.0 Å². The average Bonchev–Trinajstić information content (AvgIpc) is 3.01. The highest BCUT2D eigenvalue weighted by molar-refractivity contribution is 6.44. The lowest BCUT2D eigenvalue weighted by Crippen LogP contribution is -2.55. The van der Waals surface area contributed by atoms with E-state index in [4.69, 9.17) is 28.9 Å². The lowest BCUT2D eigenvalue weighted by atomic mass is 9.79. The van der Waals surface area contributed by atoms with Crippen LogP contribution in [0.5, 0.6) is 0 Å². The van der Waals surface area contributed by atoms with Crippen LogP contribution in [0.2, 0.25) is 10.0 Å². The van der Waals surface area contributed by atoms with Crippen LogP contribution in [0.4, 0.5) is 11.5 Å². The fourth-order valence-corrected chi connectivity index (χ4v) is 5.09. The first-order valence-electron chi connectivity index (χ1n) is 9.34. The minimum Gasteiger partial charge on any atom is -0.383 e. The van der Waals surface area contributed by atoms with Crippen LogP contribution in [0, 0.1) is 5.41 Å². The van der Waals surface area contributed by atoms with E-state index >= 15 is 0 Å². The van der Waals surface area contributed by atoms with E-state index in [1.165, 1.54) is 6.33 Å². The quantitative estimate of drug-likeness (QED) is 0.671. The van der Waals surface area contributed by atoms with Crippen molar-refractivity contribution in [3.8, 4) is 11.1 Å². The van der Waals surface area contributed by atoms with Gasteiger partial charge in [-0.25, -0.2) is 9.97 Å². The highest BCUT2D eigenvalue weighted by atomic mass is 35.5. The number of nitrogens with zero attached hydrogens (tertiary/aromatic N) is 4. The van der Waals surface area contributed by atoms with Crippen molar-refractivity contribution in [3.05, 3.63) is 46.7 Å². The predicted octanol–water partition coefficient (Wildman–Crippen LogP) is 3.85. The van der Waals surface area contributed by atoms with Gasteiger partial charge in [-0.05, 0) is 25.2 Å². The maximum absolute atomic E-state index is 12.9. The van der Waals surface area contributed by atoms with Gasteiger partial charge in [-0.3, -0.25) is 4.79 Å². The van der Waals surface area contributed by atoms with Gasteiger partial charge in [-0.2, -0.15) is 0 Å². The fourth-order valence-electron chi connectivity index (χ4n) is 4.69. The van der Waals surface area contributed by atoms with Gasteiger partial charge in [0.15, 0.2) is 0 Å². The van der Waals surface area contributed by atoms with Crippen molar-refractivity contribution < 1.29 is 4.79 Å².